The molecule has 18 heavy (non-hydrogen) atoms. The molecule has 0 spiro atoms. The molecule has 2 aromatic rings. The summed E-state index contributed by atoms with van der Waals surface area (Å²) in [5.74, 6) is 0.0199. The van der Waals surface area contributed by atoms with Crippen molar-refractivity contribution < 1.29 is 4.79 Å². The van der Waals surface area contributed by atoms with Gasteiger partial charge in [0.2, 0.25) is 0 Å². The molecule has 3 rings (SSSR count). The Morgan fingerprint density at radius 2 is 2.33 bits per heavy atom. The summed E-state index contributed by atoms with van der Waals surface area (Å²) >= 11 is 1.46. The first-order chi connectivity index (χ1) is 8.77. The molecule has 0 radical (unpaired) electrons. The highest BCUT2D eigenvalue weighted by atomic mass is 32.1. The minimum Gasteiger partial charge on any atom is -0.306 e. The highest BCUT2D eigenvalue weighted by molar-refractivity contribution is 7.07. The van der Waals surface area contributed by atoms with Gasteiger partial charge in [-0.05, 0) is 30.9 Å². The second-order valence-electron chi connectivity index (χ2n) is 4.52. The van der Waals surface area contributed by atoms with Crippen molar-refractivity contribution in [3.8, 4) is 0 Å². The third kappa shape index (κ3) is 1.82. The van der Waals surface area contributed by atoms with E-state index in [1.54, 1.807) is 5.51 Å². The fraction of sp³-hybridized carbons (Fsp3) is 0.286. The molecule has 0 aliphatic carbocycles. The number of amides is 1. The van der Waals surface area contributed by atoms with Crippen molar-refractivity contribution in [1.82, 2.24) is 4.98 Å². The van der Waals surface area contributed by atoms with Crippen LogP contribution in [0.15, 0.2) is 29.1 Å². The van der Waals surface area contributed by atoms with Crippen LogP contribution in [0.1, 0.15) is 28.0 Å². The van der Waals surface area contributed by atoms with Crippen molar-refractivity contribution in [2.45, 2.75) is 19.8 Å². The molecule has 1 aliphatic rings. The average Bonchev–Trinajstić information content (AvgIpc) is 2.91. The monoisotopic (exact) mass is 258 g/mol. The van der Waals surface area contributed by atoms with Gasteiger partial charge in [0.15, 0.2) is 0 Å². The summed E-state index contributed by atoms with van der Waals surface area (Å²) < 4.78 is 0. The van der Waals surface area contributed by atoms with E-state index in [1.807, 2.05) is 10.3 Å². The van der Waals surface area contributed by atoms with Crippen molar-refractivity contribution in [2.75, 3.05) is 11.4 Å². The highest BCUT2D eigenvalue weighted by Gasteiger charge is 2.25. The van der Waals surface area contributed by atoms with E-state index in [-0.39, 0.29) is 5.91 Å². The largest absolute Gasteiger partial charge is 0.306 e. The van der Waals surface area contributed by atoms with Crippen LogP contribution in [0, 0.1) is 6.92 Å². The highest BCUT2D eigenvalue weighted by Crippen LogP contribution is 2.31. The first kappa shape index (κ1) is 11.4. The maximum Gasteiger partial charge on any atom is 0.277 e. The molecule has 0 fully saturated rings. The van der Waals surface area contributed by atoms with E-state index >= 15 is 0 Å². The van der Waals surface area contributed by atoms with Crippen molar-refractivity contribution in [2.24, 2.45) is 0 Å². The fourth-order valence-corrected chi connectivity index (χ4v) is 3.03. The van der Waals surface area contributed by atoms with Crippen molar-refractivity contribution in [3.05, 3.63) is 45.9 Å². The molecule has 0 bridgehead atoms. The fourth-order valence-electron chi connectivity index (χ4n) is 2.51. The average molecular weight is 258 g/mol. The van der Waals surface area contributed by atoms with Gasteiger partial charge < -0.3 is 4.90 Å². The maximum atomic E-state index is 12.4. The Morgan fingerprint density at radius 3 is 3.11 bits per heavy atom. The number of carbonyl (C=O) groups is 1. The van der Waals surface area contributed by atoms with Crippen LogP contribution in [0.25, 0.3) is 0 Å². The molecular formula is C14H14N2OS. The molecule has 0 unspecified atom stereocenters. The Balaban J connectivity index is 2.04. The summed E-state index contributed by atoms with van der Waals surface area (Å²) in [5, 5.41) is 1.81. The number of carbonyl (C=O) groups excluding carboxylic acids is 1. The Kier molecular flexibility index (Phi) is 2.88. The molecule has 0 saturated heterocycles. The van der Waals surface area contributed by atoms with Crippen LogP contribution in [-0.2, 0) is 6.42 Å². The number of benzene rings is 1. The summed E-state index contributed by atoms with van der Waals surface area (Å²) in [4.78, 5) is 18.4. The topological polar surface area (TPSA) is 33.2 Å². The number of hydrogen-bond acceptors (Lipinski definition) is 3. The minimum absolute atomic E-state index is 0.0199. The molecule has 2 heterocycles. The van der Waals surface area contributed by atoms with Crippen LogP contribution < -0.4 is 4.90 Å². The van der Waals surface area contributed by atoms with E-state index in [9.17, 15) is 4.79 Å². The second-order valence-corrected chi connectivity index (χ2v) is 5.24. The summed E-state index contributed by atoms with van der Waals surface area (Å²) in [6, 6.07) is 6.24. The number of aryl methyl sites for hydroxylation is 2. The molecule has 0 N–H and O–H groups in total. The zero-order valence-corrected chi connectivity index (χ0v) is 11.0. The van der Waals surface area contributed by atoms with Crippen LogP contribution in [0.5, 0.6) is 0 Å². The summed E-state index contributed by atoms with van der Waals surface area (Å²) in [5.41, 5.74) is 5.77. The number of anilines is 1. The maximum absolute atomic E-state index is 12.4. The van der Waals surface area contributed by atoms with Crippen LogP contribution in [0.4, 0.5) is 5.69 Å². The van der Waals surface area contributed by atoms with E-state index < -0.39 is 0 Å². The Labute approximate surface area is 110 Å². The second kappa shape index (κ2) is 4.53. The minimum atomic E-state index is 0.0199. The van der Waals surface area contributed by atoms with Crippen molar-refractivity contribution in [3.63, 3.8) is 0 Å². The van der Waals surface area contributed by atoms with Crippen molar-refractivity contribution >= 4 is 22.9 Å². The third-order valence-electron chi connectivity index (χ3n) is 3.32. The summed E-state index contributed by atoms with van der Waals surface area (Å²) in [6.45, 7) is 2.85. The van der Waals surface area contributed by atoms with Gasteiger partial charge in [-0.1, -0.05) is 18.2 Å². The number of nitrogens with zero attached hydrogens (tertiary/aromatic N) is 2. The van der Waals surface area contributed by atoms with Gasteiger partial charge in [0.25, 0.3) is 5.91 Å². The smallest absolute Gasteiger partial charge is 0.277 e. The van der Waals surface area contributed by atoms with Gasteiger partial charge in [-0.15, -0.1) is 11.3 Å². The number of rotatable bonds is 1. The molecule has 92 valence electrons. The molecule has 1 amide bonds. The van der Waals surface area contributed by atoms with Crippen LogP contribution in [0.2, 0.25) is 0 Å². The van der Waals surface area contributed by atoms with Crippen molar-refractivity contribution in [1.29, 1.82) is 0 Å². The molecule has 1 aromatic heterocycles. The van der Waals surface area contributed by atoms with Crippen LogP contribution in [-0.4, -0.2) is 17.4 Å². The zero-order valence-electron chi connectivity index (χ0n) is 10.2. The summed E-state index contributed by atoms with van der Waals surface area (Å²) in [7, 11) is 0. The van der Waals surface area contributed by atoms with Gasteiger partial charge in [-0.25, -0.2) is 4.98 Å². The number of aromatic nitrogens is 1. The van der Waals surface area contributed by atoms with Gasteiger partial charge in [-0.2, -0.15) is 0 Å². The lowest BCUT2D eigenvalue weighted by Gasteiger charge is -2.30. The predicted molar refractivity (Wildman–Crippen MR) is 73.3 cm³/mol. The number of thiazole rings is 1. The Bertz CT molecular complexity index is 577. The molecule has 0 saturated carbocycles. The number of para-hydroxylation sites is 1. The molecule has 1 aliphatic heterocycles. The summed E-state index contributed by atoms with van der Waals surface area (Å²) in [6.07, 6.45) is 2.07. The predicted octanol–water partition coefficient (Wildman–Crippen LogP) is 3.04. The first-order valence-corrected chi connectivity index (χ1v) is 7.00. The van der Waals surface area contributed by atoms with Gasteiger partial charge in [0, 0.05) is 11.9 Å². The lowest BCUT2D eigenvalue weighted by Crippen LogP contribution is -2.36. The van der Waals surface area contributed by atoms with Gasteiger partial charge in [0.05, 0.1) is 11.2 Å². The lowest BCUT2D eigenvalue weighted by molar-refractivity contribution is 0.0981. The van der Waals surface area contributed by atoms with Crippen LogP contribution in [0.3, 0.4) is 0 Å². The normalized spacial score (nSPS) is 14.4. The SMILES string of the molecule is Cc1cccc2c1N(C(=O)c1cscn1)CCC2. The van der Waals surface area contributed by atoms with Gasteiger partial charge >= 0.3 is 0 Å². The van der Waals surface area contributed by atoms with Gasteiger partial charge in [-0.3, -0.25) is 4.79 Å². The molecule has 4 heteroatoms. The van der Waals surface area contributed by atoms with E-state index in [0.29, 0.717) is 5.69 Å². The lowest BCUT2D eigenvalue weighted by atomic mass is 9.98. The quantitative estimate of drug-likeness (QED) is 0.787. The molecule has 3 nitrogen and oxygen atoms in total. The van der Waals surface area contributed by atoms with E-state index in [1.165, 1.54) is 16.9 Å². The van der Waals surface area contributed by atoms with Crippen LogP contribution >= 0.6 is 11.3 Å². The molecule has 1 aromatic carbocycles. The Hall–Kier alpha value is -1.68. The van der Waals surface area contributed by atoms with E-state index in [4.69, 9.17) is 0 Å². The number of fused-ring (bicyclic) bond motifs is 1. The van der Waals surface area contributed by atoms with Gasteiger partial charge in [0.1, 0.15) is 5.69 Å². The standard InChI is InChI=1S/C14H14N2OS/c1-10-4-2-5-11-6-3-7-16(13(10)11)14(17)12-8-18-9-15-12/h2,4-5,8-9H,3,6-7H2,1H3. The zero-order chi connectivity index (χ0) is 12.5. The Morgan fingerprint density at radius 1 is 1.44 bits per heavy atom. The number of hydrogen-bond donors (Lipinski definition) is 0. The first-order valence-electron chi connectivity index (χ1n) is 6.06. The van der Waals surface area contributed by atoms with E-state index in [0.717, 1.165) is 30.6 Å². The third-order valence-corrected chi connectivity index (χ3v) is 3.90. The van der Waals surface area contributed by atoms with E-state index in [2.05, 4.69) is 30.1 Å². The molecular weight excluding hydrogens is 244 g/mol. The molecule has 0 atom stereocenters.